The van der Waals surface area contributed by atoms with Crippen molar-refractivity contribution in [3.05, 3.63) is 34.7 Å². The van der Waals surface area contributed by atoms with Crippen LogP contribution in [0, 0.1) is 5.92 Å². The predicted octanol–water partition coefficient (Wildman–Crippen LogP) is 0.949. The van der Waals surface area contributed by atoms with Gasteiger partial charge in [0, 0.05) is 19.5 Å². The molecule has 0 radical (unpaired) electrons. The number of aromatic amines is 1. The first-order valence-electron chi connectivity index (χ1n) is 7.66. The average molecular weight is 303 g/mol. The van der Waals surface area contributed by atoms with Crippen LogP contribution >= 0.6 is 0 Å². The van der Waals surface area contributed by atoms with Gasteiger partial charge in [-0.25, -0.2) is 4.79 Å². The lowest BCUT2D eigenvalue weighted by Crippen LogP contribution is -2.37. The van der Waals surface area contributed by atoms with Crippen molar-refractivity contribution in [1.82, 2.24) is 14.5 Å². The van der Waals surface area contributed by atoms with E-state index in [2.05, 4.69) is 4.98 Å². The summed E-state index contributed by atoms with van der Waals surface area (Å²) in [5.41, 5.74) is 1.19. The number of aliphatic hydroxyl groups is 1. The zero-order valence-electron chi connectivity index (χ0n) is 12.7. The summed E-state index contributed by atoms with van der Waals surface area (Å²) in [6.45, 7) is 0.555. The number of aliphatic hydroxyl groups excluding tert-OH is 1. The largest absolute Gasteiger partial charge is 0.393 e. The lowest BCUT2D eigenvalue weighted by molar-refractivity contribution is -0.131. The topological polar surface area (TPSA) is 78.3 Å². The molecule has 1 aliphatic rings. The summed E-state index contributed by atoms with van der Waals surface area (Å²) in [7, 11) is 1.73. The fourth-order valence-electron chi connectivity index (χ4n) is 3.20. The van der Waals surface area contributed by atoms with Gasteiger partial charge in [-0.1, -0.05) is 18.6 Å². The fourth-order valence-corrected chi connectivity index (χ4v) is 3.20. The van der Waals surface area contributed by atoms with E-state index in [-0.39, 0.29) is 30.2 Å². The predicted molar refractivity (Wildman–Crippen MR) is 83.5 cm³/mol. The first kappa shape index (κ1) is 14.8. The summed E-state index contributed by atoms with van der Waals surface area (Å²) in [4.78, 5) is 28.7. The van der Waals surface area contributed by atoms with Gasteiger partial charge in [-0.15, -0.1) is 0 Å². The Morgan fingerprint density at radius 1 is 1.41 bits per heavy atom. The molecule has 6 heteroatoms. The Morgan fingerprint density at radius 3 is 2.91 bits per heavy atom. The highest BCUT2D eigenvalue weighted by Gasteiger charge is 2.27. The second-order valence-electron chi connectivity index (χ2n) is 6.07. The van der Waals surface area contributed by atoms with Crippen molar-refractivity contribution in [1.29, 1.82) is 0 Å². The van der Waals surface area contributed by atoms with Crippen LogP contribution in [-0.2, 0) is 11.3 Å². The summed E-state index contributed by atoms with van der Waals surface area (Å²) in [6.07, 6.45) is 2.46. The third kappa shape index (κ3) is 2.78. The summed E-state index contributed by atoms with van der Waals surface area (Å²) >= 11 is 0. The molecule has 118 valence electrons. The summed E-state index contributed by atoms with van der Waals surface area (Å²) in [6, 6.07) is 7.32. The smallest absolute Gasteiger partial charge is 0.326 e. The van der Waals surface area contributed by atoms with E-state index in [4.69, 9.17) is 0 Å². The number of amides is 1. The van der Waals surface area contributed by atoms with Crippen LogP contribution in [0.3, 0.4) is 0 Å². The van der Waals surface area contributed by atoms with Crippen LogP contribution in [0.15, 0.2) is 29.1 Å². The van der Waals surface area contributed by atoms with Crippen molar-refractivity contribution in [3.63, 3.8) is 0 Å². The number of nitrogens with zero attached hydrogens (tertiary/aromatic N) is 2. The Bertz CT molecular complexity index is 734. The standard InChI is InChI=1S/C16H21N3O3/c1-18(9-11-5-4-8-14(11)20)15(21)10-19-13-7-3-2-6-12(13)17-16(19)22/h2-3,6-7,11,14,20H,4-5,8-10H2,1H3,(H,17,22). The van der Waals surface area contributed by atoms with Crippen LogP contribution in [-0.4, -0.2) is 45.2 Å². The molecule has 1 aliphatic carbocycles. The number of H-pyrrole nitrogens is 1. The number of hydrogen-bond donors (Lipinski definition) is 2. The number of aromatic nitrogens is 2. The SMILES string of the molecule is CN(CC1CCCC1O)C(=O)Cn1c(=O)[nH]c2ccccc21. The summed E-state index contributed by atoms with van der Waals surface area (Å²) in [5.74, 6) is 0.0274. The molecule has 3 rings (SSSR count). The molecule has 0 aliphatic heterocycles. The molecule has 2 atom stereocenters. The molecule has 2 N–H and O–H groups in total. The van der Waals surface area contributed by atoms with Gasteiger partial charge in [0.15, 0.2) is 0 Å². The second kappa shape index (κ2) is 5.96. The van der Waals surface area contributed by atoms with Crippen molar-refractivity contribution < 1.29 is 9.90 Å². The summed E-state index contributed by atoms with van der Waals surface area (Å²) in [5, 5.41) is 9.86. The summed E-state index contributed by atoms with van der Waals surface area (Å²) < 4.78 is 1.46. The van der Waals surface area contributed by atoms with E-state index in [1.807, 2.05) is 24.3 Å². The van der Waals surface area contributed by atoms with Crippen molar-refractivity contribution in [3.8, 4) is 0 Å². The molecular formula is C16H21N3O3. The van der Waals surface area contributed by atoms with Gasteiger partial charge >= 0.3 is 5.69 Å². The van der Waals surface area contributed by atoms with Gasteiger partial charge in [-0.05, 0) is 25.0 Å². The van der Waals surface area contributed by atoms with E-state index in [9.17, 15) is 14.7 Å². The number of imidazole rings is 1. The number of nitrogens with one attached hydrogen (secondary N) is 1. The maximum Gasteiger partial charge on any atom is 0.326 e. The maximum atomic E-state index is 12.4. The van der Waals surface area contributed by atoms with Crippen molar-refractivity contribution in [2.24, 2.45) is 5.92 Å². The van der Waals surface area contributed by atoms with Crippen molar-refractivity contribution in [2.45, 2.75) is 31.9 Å². The Balaban J connectivity index is 1.72. The van der Waals surface area contributed by atoms with E-state index >= 15 is 0 Å². The molecule has 1 aromatic heterocycles. The molecule has 2 aromatic rings. The van der Waals surface area contributed by atoms with Crippen molar-refractivity contribution in [2.75, 3.05) is 13.6 Å². The van der Waals surface area contributed by atoms with Gasteiger partial charge in [0.05, 0.1) is 17.1 Å². The van der Waals surface area contributed by atoms with Gasteiger partial charge in [0.2, 0.25) is 5.91 Å². The quantitative estimate of drug-likeness (QED) is 0.882. The number of rotatable bonds is 4. The van der Waals surface area contributed by atoms with Crippen LogP contribution < -0.4 is 5.69 Å². The number of benzene rings is 1. The molecule has 2 unspecified atom stereocenters. The number of carbonyl (C=O) groups is 1. The van der Waals surface area contributed by atoms with Crippen LogP contribution in [0.4, 0.5) is 0 Å². The molecular weight excluding hydrogens is 282 g/mol. The molecule has 0 spiro atoms. The van der Waals surface area contributed by atoms with Gasteiger partial charge < -0.3 is 15.0 Å². The van der Waals surface area contributed by atoms with E-state index in [0.29, 0.717) is 6.54 Å². The monoisotopic (exact) mass is 303 g/mol. The van der Waals surface area contributed by atoms with E-state index in [1.54, 1.807) is 11.9 Å². The number of carbonyl (C=O) groups excluding carboxylic acids is 1. The molecule has 22 heavy (non-hydrogen) atoms. The minimum Gasteiger partial charge on any atom is -0.393 e. The minimum atomic E-state index is -0.314. The molecule has 1 saturated carbocycles. The molecule has 1 fully saturated rings. The van der Waals surface area contributed by atoms with Crippen LogP contribution in [0.2, 0.25) is 0 Å². The Hall–Kier alpha value is -2.08. The molecule has 0 bridgehead atoms. The second-order valence-corrected chi connectivity index (χ2v) is 6.07. The highest BCUT2D eigenvalue weighted by atomic mass is 16.3. The van der Waals surface area contributed by atoms with Crippen molar-refractivity contribution >= 4 is 16.9 Å². The number of hydrogen-bond acceptors (Lipinski definition) is 3. The van der Waals surface area contributed by atoms with Gasteiger partial charge in [-0.2, -0.15) is 0 Å². The first-order valence-corrected chi connectivity index (χ1v) is 7.66. The van der Waals surface area contributed by atoms with Crippen LogP contribution in [0.5, 0.6) is 0 Å². The molecule has 6 nitrogen and oxygen atoms in total. The van der Waals surface area contributed by atoms with Crippen LogP contribution in [0.25, 0.3) is 11.0 Å². The fraction of sp³-hybridized carbons (Fsp3) is 0.500. The molecule has 1 aromatic carbocycles. The zero-order valence-corrected chi connectivity index (χ0v) is 12.7. The lowest BCUT2D eigenvalue weighted by Gasteiger charge is -2.23. The van der Waals surface area contributed by atoms with Gasteiger partial charge in [-0.3, -0.25) is 9.36 Å². The Morgan fingerprint density at radius 2 is 2.18 bits per heavy atom. The normalized spacial score (nSPS) is 21.4. The molecule has 1 amide bonds. The van der Waals surface area contributed by atoms with E-state index < -0.39 is 0 Å². The van der Waals surface area contributed by atoms with E-state index in [0.717, 1.165) is 30.3 Å². The number of fused-ring (bicyclic) bond motifs is 1. The van der Waals surface area contributed by atoms with E-state index in [1.165, 1.54) is 4.57 Å². The Kier molecular flexibility index (Phi) is 4.02. The first-order chi connectivity index (χ1) is 10.6. The third-order valence-corrected chi connectivity index (χ3v) is 4.53. The Labute approximate surface area is 128 Å². The van der Waals surface area contributed by atoms with Crippen LogP contribution in [0.1, 0.15) is 19.3 Å². The van der Waals surface area contributed by atoms with Gasteiger partial charge in [0.25, 0.3) is 0 Å². The third-order valence-electron chi connectivity index (χ3n) is 4.53. The molecule has 0 saturated heterocycles. The average Bonchev–Trinajstić information content (AvgIpc) is 3.03. The molecule has 1 heterocycles. The van der Waals surface area contributed by atoms with Gasteiger partial charge in [0.1, 0.15) is 6.54 Å². The highest BCUT2D eigenvalue weighted by molar-refractivity contribution is 5.80. The zero-order chi connectivity index (χ0) is 15.7. The lowest BCUT2D eigenvalue weighted by atomic mass is 10.1. The minimum absolute atomic E-state index is 0.0160. The highest BCUT2D eigenvalue weighted by Crippen LogP contribution is 2.26. The maximum absolute atomic E-state index is 12.4. The number of likely N-dealkylation sites (N-methyl/N-ethyl adjacent to an activating group) is 1. The number of para-hydroxylation sites is 2.